The average Bonchev–Trinajstić information content (AvgIpc) is 3.86. The average molecular weight is 798 g/mol. The van der Waals surface area contributed by atoms with E-state index in [0.717, 1.165) is 95.0 Å². The fourth-order valence-corrected chi connectivity index (χ4v) is 7.45. The summed E-state index contributed by atoms with van der Waals surface area (Å²) in [5.41, 5.74) is 7.98. The van der Waals surface area contributed by atoms with Gasteiger partial charge in [-0.3, -0.25) is 18.6 Å². The number of aryl methyl sites for hydroxylation is 2. The van der Waals surface area contributed by atoms with Crippen LogP contribution < -0.4 is 5.73 Å². The van der Waals surface area contributed by atoms with Crippen molar-refractivity contribution < 1.29 is 46.7 Å². The van der Waals surface area contributed by atoms with Gasteiger partial charge in [-0.05, 0) is 76.3 Å². The molecule has 11 nitrogen and oxygen atoms in total. The number of furan rings is 1. The van der Waals surface area contributed by atoms with E-state index < -0.39 is 32.5 Å². The quantitative estimate of drug-likeness (QED) is 0.0219. The van der Waals surface area contributed by atoms with Crippen molar-refractivity contribution in [2.45, 2.75) is 200 Å². The molecule has 3 unspecified atom stereocenters. The van der Waals surface area contributed by atoms with Gasteiger partial charge in [0.15, 0.2) is 6.10 Å². The van der Waals surface area contributed by atoms with Crippen LogP contribution in [0.4, 0.5) is 0 Å². The summed E-state index contributed by atoms with van der Waals surface area (Å²) in [6.45, 7) is 7.90. The van der Waals surface area contributed by atoms with Gasteiger partial charge in [-0.15, -0.1) is 0 Å². The summed E-state index contributed by atoms with van der Waals surface area (Å²) in [6, 6.07) is 0. The Bertz CT molecular complexity index is 1250. The van der Waals surface area contributed by atoms with E-state index in [-0.39, 0.29) is 32.6 Å². The SMILES string of the molecule is CCCCCC1OC1C/C=C\CCCCCCCC(=O)O[C@H](COC(=O)CCCCCCCCCCc1oc(CCC)c(C)c1C)COP(=O)(O)OCCN. The fraction of sp³-hybridized carbons (Fsp3) is 0.814. The Morgan fingerprint density at radius 3 is 2.02 bits per heavy atom. The van der Waals surface area contributed by atoms with Gasteiger partial charge in [0, 0.05) is 32.2 Å². The number of carbonyl (C=O) groups excluding carboxylic acids is 2. The Labute approximate surface area is 332 Å². The minimum atomic E-state index is -4.39. The first-order chi connectivity index (χ1) is 26.6. The van der Waals surface area contributed by atoms with Crippen molar-refractivity contribution in [1.29, 1.82) is 0 Å². The summed E-state index contributed by atoms with van der Waals surface area (Å²) < 4.78 is 44.7. The number of phosphoric acid groups is 1. The van der Waals surface area contributed by atoms with Crippen LogP contribution in [0, 0.1) is 13.8 Å². The predicted octanol–water partition coefficient (Wildman–Crippen LogP) is 10.5. The molecule has 0 aliphatic carbocycles. The second kappa shape index (κ2) is 30.1. The maximum absolute atomic E-state index is 12.6. The van der Waals surface area contributed by atoms with E-state index in [2.05, 4.69) is 39.8 Å². The lowest BCUT2D eigenvalue weighted by Gasteiger charge is -2.19. The number of esters is 2. The van der Waals surface area contributed by atoms with Gasteiger partial charge in [0.2, 0.25) is 0 Å². The maximum Gasteiger partial charge on any atom is 0.472 e. The molecule has 1 saturated heterocycles. The summed E-state index contributed by atoms with van der Waals surface area (Å²) in [6.07, 6.45) is 28.3. The third kappa shape index (κ3) is 23.7. The Morgan fingerprint density at radius 1 is 0.745 bits per heavy atom. The highest BCUT2D eigenvalue weighted by Crippen LogP contribution is 2.43. The summed E-state index contributed by atoms with van der Waals surface area (Å²) in [4.78, 5) is 35.0. The Balaban J connectivity index is 1.55. The number of nitrogens with two attached hydrogens (primary N) is 1. The second-order valence-corrected chi connectivity index (χ2v) is 16.6. The molecule has 1 aromatic rings. The smallest absolute Gasteiger partial charge is 0.466 e. The van der Waals surface area contributed by atoms with Crippen molar-refractivity contribution in [2.24, 2.45) is 5.73 Å². The van der Waals surface area contributed by atoms with Crippen molar-refractivity contribution in [3.8, 4) is 0 Å². The molecule has 0 amide bonds. The number of hydrogen-bond donors (Lipinski definition) is 2. The van der Waals surface area contributed by atoms with Crippen LogP contribution >= 0.6 is 7.82 Å². The lowest BCUT2D eigenvalue weighted by Crippen LogP contribution is -2.29. The minimum absolute atomic E-state index is 0.0437. The molecule has 0 spiro atoms. The van der Waals surface area contributed by atoms with Crippen LogP contribution in [0.3, 0.4) is 0 Å². The van der Waals surface area contributed by atoms with Crippen LogP contribution in [-0.4, -0.2) is 61.5 Å². The highest BCUT2D eigenvalue weighted by Gasteiger charge is 2.36. The lowest BCUT2D eigenvalue weighted by molar-refractivity contribution is -0.161. The number of rotatable bonds is 36. The third-order valence-electron chi connectivity index (χ3n) is 10.2. The van der Waals surface area contributed by atoms with Crippen LogP contribution in [-0.2, 0) is 50.3 Å². The number of epoxide rings is 1. The monoisotopic (exact) mass is 798 g/mol. The summed E-state index contributed by atoms with van der Waals surface area (Å²) in [5, 5.41) is 0. The number of unbranched alkanes of at least 4 members (excludes halogenated alkanes) is 14. The number of carbonyl (C=O) groups is 2. The van der Waals surface area contributed by atoms with Gasteiger partial charge in [-0.1, -0.05) is 103 Å². The van der Waals surface area contributed by atoms with Crippen molar-refractivity contribution >= 4 is 19.8 Å². The van der Waals surface area contributed by atoms with Crippen LogP contribution in [0.5, 0.6) is 0 Å². The standard InChI is InChI=1S/C43H76NO10P/c1-5-7-20-27-40-41(54-40)28-22-17-13-9-11-15-19-24-30-43(46)52-37(34-51-55(47,48)50-32-31-44)33-49-42(45)29-23-18-14-10-8-12-16-21-26-39-36(4)35(3)38(53-39)25-6-2/h17,22,37,40-41H,5-16,18-21,23-34,44H2,1-4H3,(H,47,48)/b22-17-/t37-,40?,41?/m1/s1. The van der Waals surface area contributed by atoms with Gasteiger partial charge >= 0.3 is 19.8 Å². The molecule has 1 aromatic heterocycles. The topological polar surface area (TPSA) is 160 Å². The van der Waals surface area contributed by atoms with Gasteiger partial charge in [-0.25, -0.2) is 4.57 Å². The molecule has 2 heterocycles. The summed E-state index contributed by atoms with van der Waals surface area (Å²) in [5.74, 6) is 1.43. The molecule has 3 N–H and O–H groups in total. The van der Waals surface area contributed by atoms with Crippen LogP contribution in [0.15, 0.2) is 16.6 Å². The number of hydrogen-bond acceptors (Lipinski definition) is 10. The van der Waals surface area contributed by atoms with E-state index in [0.29, 0.717) is 25.0 Å². The third-order valence-corrected chi connectivity index (χ3v) is 11.2. The summed E-state index contributed by atoms with van der Waals surface area (Å²) >= 11 is 0. The molecule has 2 rings (SSSR count). The number of ether oxygens (including phenoxy) is 3. The van der Waals surface area contributed by atoms with Gasteiger partial charge in [-0.2, -0.15) is 0 Å². The fourth-order valence-electron chi connectivity index (χ4n) is 6.69. The minimum Gasteiger partial charge on any atom is -0.466 e. The van der Waals surface area contributed by atoms with Gasteiger partial charge in [0.1, 0.15) is 18.1 Å². The number of allylic oxidation sites excluding steroid dienone is 1. The van der Waals surface area contributed by atoms with Crippen molar-refractivity contribution in [1.82, 2.24) is 0 Å². The first-order valence-corrected chi connectivity index (χ1v) is 23.1. The van der Waals surface area contributed by atoms with E-state index in [1.54, 1.807) is 0 Å². The molecule has 0 bridgehead atoms. The summed E-state index contributed by atoms with van der Waals surface area (Å²) in [7, 11) is -4.39. The highest BCUT2D eigenvalue weighted by atomic mass is 31.2. The molecule has 12 heteroatoms. The molecule has 1 aliphatic rings. The van der Waals surface area contributed by atoms with Crippen molar-refractivity contribution in [2.75, 3.05) is 26.4 Å². The molecule has 4 atom stereocenters. The van der Waals surface area contributed by atoms with Gasteiger partial charge < -0.3 is 29.3 Å². The molecule has 55 heavy (non-hydrogen) atoms. The zero-order valence-corrected chi connectivity index (χ0v) is 35.7. The van der Waals surface area contributed by atoms with E-state index >= 15 is 0 Å². The zero-order chi connectivity index (χ0) is 40.2. The predicted molar refractivity (Wildman–Crippen MR) is 218 cm³/mol. The van der Waals surface area contributed by atoms with Crippen molar-refractivity contribution in [3.63, 3.8) is 0 Å². The van der Waals surface area contributed by atoms with E-state index in [1.165, 1.54) is 56.1 Å². The first kappa shape index (κ1) is 49.1. The van der Waals surface area contributed by atoms with Crippen LogP contribution in [0.25, 0.3) is 0 Å². The molecule has 0 aromatic carbocycles. The van der Waals surface area contributed by atoms with Gasteiger partial charge in [0.25, 0.3) is 0 Å². The highest BCUT2D eigenvalue weighted by molar-refractivity contribution is 7.47. The zero-order valence-electron chi connectivity index (χ0n) is 34.8. The molecular weight excluding hydrogens is 721 g/mol. The Morgan fingerprint density at radius 2 is 1.36 bits per heavy atom. The Hall–Kier alpha value is -2.01. The van der Waals surface area contributed by atoms with E-state index in [4.69, 9.17) is 33.4 Å². The van der Waals surface area contributed by atoms with E-state index in [9.17, 15) is 19.0 Å². The van der Waals surface area contributed by atoms with Crippen molar-refractivity contribution in [3.05, 3.63) is 34.8 Å². The number of phosphoric ester groups is 1. The second-order valence-electron chi connectivity index (χ2n) is 15.2. The molecule has 0 saturated carbocycles. The molecule has 0 radical (unpaired) electrons. The van der Waals surface area contributed by atoms with Gasteiger partial charge in [0.05, 0.1) is 25.4 Å². The Kier molecular flexibility index (Phi) is 26.9. The maximum atomic E-state index is 12.6. The first-order valence-electron chi connectivity index (χ1n) is 21.6. The molecule has 1 aliphatic heterocycles. The molecule has 1 fully saturated rings. The largest absolute Gasteiger partial charge is 0.472 e. The molecule has 318 valence electrons. The lowest BCUT2D eigenvalue weighted by atomic mass is 10.0. The van der Waals surface area contributed by atoms with Crippen LogP contribution in [0.1, 0.15) is 178 Å². The normalized spacial score (nSPS) is 17.1. The van der Waals surface area contributed by atoms with Crippen LogP contribution in [0.2, 0.25) is 0 Å². The molecular formula is C43H76NO10P. The van der Waals surface area contributed by atoms with E-state index in [1.807, 2.05) is 0 Å².